The normalized spacial score (nSPS) is 12.6. The lowest BCUT2D eigenvalue weighted by atomic mass is 10.1. The number of anilines is 1. The fourth-order valence-corrected chi connectivity index (χ4v) is 1.89. The lowest BCUT2D eigenvalue weighted by molar-refractivity contribution is 0.434. The number of rotatable bonds is 4. The van der Waals surface area contributed by atoms with Crippen molar-refractivity contribution in [1.82, 2.24) is 20.2 Å². The fraction of sp³-hybridized carbons (Fsp3) is 0.417. The number of nitrogens with zero attached hydrogens (tertiary/aromatic N) is 4. The first-order valence-electron chi connectivity index (χ1n) is 5.93. The van der Waals surface area contributed by atoms with E-state index in [9.17, 15) is 0 Å². The summed E-state index contributed by atoms with van der Waals surface area (Å²) < 4.78 is 2.71. The summed E-state index contributed by atoms with van der Waals surface area (Å²) in [7, 11) is 0. The standard InChI is InChI=1S/C12H16BrN5/c1-3-8(2)7-18-12(15-16-17-18)9-4-5-10(13)11(14)6-9/h4-6,8H,3,7,14H2,1-2H3. The maximum Gasteiger partial charge on any atom is 0.182 e. The SMILES string of the molecule is CCC(C)Cn1nnnc1-c1ccc(Br)c(N)c1. The number of tetrazole rings is 1. The first-order chi connectivity index (χ1) is 8.61. The van der Waals surface area contributed by atoms with Crippen molar-refractivity contribution in [1.29, 1.82) is 0 Å². The monoisotopic (exact) mass is 309 g/mol. The predicted octanol–water partition coefficient (Wildman–Crippen LogP) is 2.73. The predicted molar refractivity (Wildman–Crippen MR) is 74.8 cm³/mol. The summed E-state index contributed by atoms with van der Waals surface area (Å²) in [5.41, 5.74) is 7.50. The van der Waals surface area contributed by atoms with Gasteiger partial charge in [-0.1, -0.05) is 20.3 Å². The highest BCUT2D eigenvalue weighted by Crippen LogP contribution is 2.25. The molecule has 0 aliphatic rings. The Kier molecular flexibility index (Phi) is 3.96. The average Bonchev–Trinajstić information content (AvgIpc) is 2.80. The third-order valence-corrected chi connectivity index (χ3v) is 3.69. The zero-order valence-electron chi connectivity index (χ0n) is 10.5. The van der Waals surface area contributed by atoms with E-state index >= 15 is 0 Å². The Balaban J connectivity index is 2.33. The minimum absolute atomic E-state index is 0.542. The van der Waals surface area contributed by atoms with E-state index < -0.39 is 0 Å². The van der Waals surface area contributed by atoms with E-state index in [2.05, 4.69) is 45.3 Å². The van der Waals surface area contributed by atoms with Gasteiger partial charge in [-0.2, -0.15) is 0 Å². The molecule has 0 bridgehead atoms. The minimum atomic E-state index is 0.542. The van der Waals surface area contributed by atoms with Crippen molar-refractivity contribution in [2.45, 2.75) is 26.8 Å². The summed E-state index contributed by atoms with van der Waals surface area (Å²) in [6.45, 7) is 5.16. The van der Waals surface area contributed by atoms with Gasteiger partial charge >= 0.3 is 0 Å². The quantitative estimate of drug-likeness (QED) is 0.882. The van der Waals surface area contributed by atoms with Gasteiger partial charge in [0.15, 0.2) is 5.82 Å². The third-order valence-electron chi connectivity index (χ3n) is 2.97. The van der Waals surface area contributed by atoms with Gasteiger partial charge in [0, 0.05) is 22.3 Å². The molecule has 0 fully saturated rings. The van der Waals surface area contributed by atoms with Crippen LogP contribution in [0.5, 0.6) is 0 Å². The van der Waals surface area contributed by atoms with Crippen molar-refractivity contribution >= 4 is 21.6 Å². The van der Waals surface area contributed by atoms with Gasteiger partial charge in [-0.3, -0.25) is 0 Å². The summed E-state index contributed by atoms with van der Waals surface area (Å²) in [5.74, 6) is 1.30. The van der Waals surface area contributed by atoms with Gasteiger partial charge < -0.3 is 5.73 Å². The van der Waals surface area contributed by atoms with Crippen LogP contribution in [0.2, 0.25) is 0 Å². The molecule has 0 spiro atoms. The van der Waals surface area contributed by atoms with Crippen LogP contribution in [0.25, 0.3) is 11.4 Å². The van der Waals surface area contributed by atoms with Crippen LogP contribution in [-0.4, -0.2) is 20.2 Å². The van der Waals surface area contributed by atoms with Crippen molar-refractivity contribution < 1.29 is 0 Å². The number of nitrogens with two attached hydrogens (primary N) is 1. The summed E-state index contributed by atoms with van der Waals surface area (Å²) in [6, 6.07) is 5.75. The molecule has 1 aromatic heterocycles. The molecule has 0 saturated carbocycles. The number of aromatic nitrogens is 4. The molecule has 18 heavy (non-hydrogen) atoms. The first kappa shape index (κ1) is 13.0. The topological polar surface area (TPSA) is 69.6 Å². The number of benzene rings is 1. The Hall–Kier alpha value is -1.43. The lowest BCUT2D eigenvalue weighted by Crippen LogP contribution is -2.10. The van der Waals surface area contributed by atoms with Gasteiger partial charge in [0.05, 0.1) is 0 Å². The molecule has 2 rings (SSSR count). The van der Waals surface area contributed by atoms with E-state index in [1.807, 2.05) is 22.9 Å². The summed E-state index contributed by atoms with van der Waals surface area (Å²) in [6.07, 6.45) is 1.10. The highest BCUT2D eigenvalue weighted by Gasteiger charge is 2.12. The Labute approximate surface area is 115 Å². The molecular formula is C12H16BrN5. The number of halogens is 1. The van der Waals surface area contributed by atoms with E-state index in [4.69, 9.17) is 5.73 Å². The Morgan fingerprint density at radius 2 is 2.22 bits per heavy atom. The maximum atomic E-state index is 5.88. The molecule has 1 heterocycles. The minimum Gasteiger partial charge on any atom is -0.398 e. The van der Waals surface area contributed by atoms with E-state index in [1.54, 1.807) is 0 Å². The van der Waals surface area contributed by atoms with E-state index in [1.165, 1.54) is 0 Å². The van der Waals surface area contributed by atoms with Crippen LogP contribution in [0, 0.1) is 5.92 Å². The molecule has 2 N–H and O–H groups in total. The Bertz CT molecular complexity index is 537. The van der Waals surface area contributed by atoms with Crippen molar-refractivity contribution in [3.8, 4) is 11.4 Å². The first-order valence-corrected chi connectivity index (χ1v) is 6.72. The molecule has 1 aromatic carbocycles. The second-order valence-electron chi connectivity index (χ2n) is 4.43. The third kappa shape index (κ3) is 2.69. The fourth-order valence-electron chi connectivity index (χ4n) is 1.64. The molecule has 1 unspecified atom stereocenters. The van der Waals surface area contributed by atoms with Gasteiger partial charge in [-0.15, -0.1) is 5.10 Å². The van der Waals surface area contributed by atoms with Crippen LogP contribution < -0.4 is 5.73 Å². The van der Waals surface area contributed by atoms with Gasteiger partial charge in [0.25, 0.3) is 0 Å². The Morgan fingerprint density at radius 3 is 2.89 bits per heavy atom. The highest BCUT2D eigenvalue weighted by molar-refractivity contribution is 9.10. The zero-order chi connectivity index (χ0) is 13.1. The van der Waals surface area contributed by atoms with Crippen molar-refractivity contribution in [2.75, 3.05) is 5.73 Å². The maximum absolute atomic E-state index is 5.88. The lowest BCUT2D eigenvalue weighted by Gasteiger charge is -2.10. The molecular weight excluding hydrogens is 294 g/mol. The van der Waals surface area contributed by atoms with Crippen LogP contribution >= 0.6 is 15.9 Å². The van der Waals surface area contributed by atoms with E-state index in [-0.39, 0.29) is 0 Å². The largest absolute Gasteiger partial charge is 0.398 e. The van der Waals surface area contributed by atoms with Crippen LogP contribution in [0.4, 0.5) is 5.69 Å². The molecule has 5 nitrogen and oxygen atoms in total. The molecule has 6 heteroatoms. The van der Waals surface area contributed by atoms with Gasteiger partial charge in [-0.05, 0) is 50.5 Å². The summed E-state index contributed by atoms with van der Waals surface area (Å²) in [5, 5.41) is 11.9. The van der Waals surface area contributed by atoms with Crippen LogP contribution in [-0.2, 0) is 6.54 Å². The number of hydrogen-bond donors (Lipinski definition) is 1. The van der Waals surface area contributed by atoms with Crippen LogP contribution in [0.15, 0.2) is 22.7 Å². The summed E-state index contributed by atoms with van der Waals surface area (Å²) >= 11 is 3.38. The molecule has 0 radical (unpaired) electrons. The van der Waals surface area contributed by atoms with Crippen molar-refractivity contribution in [2.24, 2.45) is 5.92 Å². The smallest absolute Gasteiger partial charge is 0.182 e. The van der Waals surface area contributed by atoms with Gasteiger partial charge in [0.2, 0.25) is 0 Å². The molecule has 2 aromatic rings. The average molecular weight is 310 g/mol. The second kappa shape index (κ2) is 5.48. The number of hydrogen-bond acceptors (Lipinski definition) is 4. The number of nitrogen functional groups attached to an aromatic ring is 1. The van der Waals surface area contributed by atoms with E-state index in [0.29, 0.717) is 11.6 Å². The molecule has 0 amide bonds. The second-order valence-corrected chi connectivity index (χ2v) is 5.29. The van der Waals surface area contributed by atoms with E-state index in [0.717, 1.165) is 28.8 Å². The summed E-state index contributed by atoms with van der Waals surface area (Å²) in [4.78, 5) is 0. The van der Waals surface area contributed by atoms with Crippen molar-refractivity contribution in [3.63, 3.8) is 0 Å². The van der Waals surface area contributed by atoms with Crippen LogP contribution in [0.3, 0.4) is 0 Å². The van der Waals surface area contributed by atoms with Gasteiger partial charge in [0.1, 0.15) is 0 Å². The van der Waals surface area contributed by atoms with Gasteiger partial charge in [-0.25, -0.2) is 4.68 Å². The Morgan fingerprint density at radius 1 is 1.44 bits per heavy atom. The molecule has 0 aliphatic carbocycles. The van der Waals surface area contributed by atoms with Crippen molar-refractivity contribution in [3.05, 3.63) is 22.7 Å². The highest BCUT2D eigenvalue weighted by atomic mass is 79.9. The zero-order valence-corrected chi connectivity index (χ0v) is 12.1. The molecule has 1 atom stereocenters. The molecule has 0 saturated heterocycles. The molecule has 96 valence electrons. The van der Waals surface area contributed by atoms with Crippen LogP contribution in [0.1, 0.15) is 20.3 Å². The molecule has 0 aliphatic heterocycles.